The Labute approximate surface area is 169 Å². The lowest BCUT2D eigenvalue weighted by Gasteiger charge is -2.19. The summed E-state index contributed by atoms with van der Waals surface area (Å²) in [5.41, 5.74) is 0.552. The summed E-state index contributed by atoms with van der Waals surface area (Å²) in [6.07, 6.45) is -0.906. The monoisotopic (exact) mass is 451 g/mol. The highest BCUT2D eigenvalue weighted by molar-refractivity contribution is 9.10. The van der Waals surface area contributed by atoms with Gasteiger partial charge in [0.15, 0.2) is 17.6 Å². The largest absolute Gasteiger partial charge is 0.486 e. The van der Waals surface area contributed by atoms with Crippen LogP contribution in [0.25, 0.3) is 0 Å². The van der Waals surface area contributed by atoms with Crippen LogP contribution in [0.5, 0.6) is 11.5 Å². The summed E-state index contributed by atoms with van der Waals surface area (Å²) in [7, 11) is 0. The molecule has 3 rings (SSSR count). The number of amides is 1. The Bertz CT molecular complexity index is 827. The number of rotatable bonds is 6. The molecule has 142 valence electrons. The zero-order valence-corrected chi connectivity index (χ0v) is 17.0. The summed E-state index contributed by atoms with van der Waals surface area (Å²) in [6, 6.07) is 12.7. The lowest BCUT2D eigenvalue weighted by molar-refractivity contribution is -0.150. The van der Waals surface area contributed by atoms with Crippen molar-refractivity contribution in [1.29, 1.82) is 0 Å². The quantitative estimate of drug-likeness (QED) is 0.530. The lowest BCUT2D eigenvalue weighted by Crippen LogP contribution is -2.30. The van der Waals surface area contributed by atoms with E-state index in [1.165, 1.54) is 18.7 Å². The fourth-order valence-electron chi connectivity index (χ4n) is 2.32. The van der Waals surface area contributed by atoms with Crippen LogP contribution in [0.2, 0.25) is 0 Å². The molecule has 27 heavy (non-hydrogen) atoms. The molecule has 0 aromatic heterocycles. The van der Waals surface area contributed by atoms with Gasteiger partial charge < -0.3 is 19.5 Å². The molecule has 0 radical (unpaired) electrons. The van der Waals surface area contributed by atoms with Crippen LogP contribution in [0.4, 0.5) is 5.69 Å². The number of thioether (sulfide) groups is 1. The number of anilines is 1. The van der Waals surface area contributed by atoms with Crippen LogP contribution in [0.1, 0.15) is 6.92 Å². The minimum atomic E-state index is -0.906. The van der Waals surface area contributed by atoms with Crippen LogP contribution in [0.15, 0.2) is 51.8 Å². The van der Waals surface area contributed by atoms with Crippen LogP contribution in [0.3, 0.4) is 0 Å². The number of halogens is 1. The molecule has 0 fully saturated rings. The predicted molar refractivity (Wildman–Crippen MR) is 106 cm³/mol. The first-order valence-electron chi connectivity index (χ1n) is 8.29. The number of nitrogens with one attached hydrogen (secondary N) is 1. The molecule has 0 saturated carbocycles. The minimum absolute atomic E-state index is 0.128. The fraction of sp³-hybridized carbons (Fsp3) is 0.263. The van der Waals surface area contributed by atoms with Crippen LogP contribution in [-0.4, -0.2) is 36.9 Å². The average Bonchev–Trinajstić information content (AvgIpc) is 2.67. The van der Waals surface area contributed by atoms with Gasteiger partial charge in [0.2, 0.25) is 0 Å². The highest BCUT2D eigenvalue weighted by atomic mass is 79.9. The topological polar surface area (TPSA) is 73.9 Å². The van der Waals surface area contributed by atoms with Gasteiger partial charge in [0, 0.05) is 21.1 Å². The van der Waals surface area contributed by atoms with Crippen LogP contribution in [-0.2, 0) is 14.3 Å². The molecule has 0 aliphatic carbocycles. The second-order valence-corrected chi connectivity index (χ2v) is 7.69. The maximum atomic E-state index is 12.3. The third-order valence-corrected chi connectivity index (χ3v) is 5.17. The van der Waals surface area contributed by atoms with E-state index >= 15 is 0 Å². The maximum Gasteiger partial charge on any atom is 0.317 e. The van der Waals surface area contributed by atoms with Crippen LogP contribution in [0, 0.1) is 0 Å². The molecule has 1 aliphatic rings. The Morgan fingerprint density at radius 2 is 1.85 bits per heavy atom. The second-order valence-electron chi connectivity index (χ2n) is 5.72. The fourth-order valence-corrected chi connectivity index (χ4v) is 3.27. The van der Waals surface area contributed by atoms with E-state index in [1.807, 2.05) is 24.3 Å². The molecule has 0 saturated heterocycles. The van der Waals surface area contributed by atoms with Gasteiger partial charge >= 0.3 is 5.97 Å². The van der Waals surface area contributed by atoms with Crippen molar-refractivity contribution in [1.82, 2.24) is 0 Å². The molecule has 2 aromatic carbocycles. The molecule has 6 nitrogen and oxygen atoms in total. The standard InChI is InChI=1S/C19H18BrNO5S/c1-12(26-18(22)11-27-15-5-2-13(20)3-6-15)19(23)21-14-4-7-16-17(10-14)25-9-8-24-16/h2-7,10,12H,8-9,11H2,1H3,(H,21,23). The number of esters is 1. The van der Waals surface area contributed by atoms with Crippen molar-refractivity contribution in [3.8, 4) is 11.5 Å². The van der Waals surface area contributed by atoms with Crippen molar-refractivity contribution < 1.29 is 23.8 Å². The lowest BCUT2D eigenvalue weighted by atomic mass is 10.2. The second kappa shape index (κ2) is 9.14. The van der Waals surface area contributed by atoms with Crippen molar-refractivity contribution in [2.75, 3.05) is 24.3 Å². The molecular weight excluding hydrogens is 434 g/mol. The summed E-state index contributed by atoms with van der Waals surface area (Å²) < 4.78 is 17.1. The number of fused-ring (bicyclic) bond motifs is 1. The van der Waals surface area contributed by atoms with Gasteiger partial charge in [-0.05, 0) is 43.3 Å². The SMILES string of the molecule is CC(OC(=O)CSc1ccc(Br)cc1)C(=O)Nc1ccc2c(c1)OCCO2. The third kappa shape index (κ3) is 5.64. The zero-order valence-electron chi connectivity index (χ0n) is 14.6. The van der Waals surface area contributed by atoms with Gasteiger partial charge in [-0.25, -0.2) is 0 Å². The van der Waals surface area contributed by atoms with Gasteiger partial charge in [-0.15, -0.1) is 11.8 Å². The average molecular weight is 452 g/mol. The molecule has 0 bridgehead atoms. The van der Waals surface area contributed by atoms with E-state index in [0.717, 1.165) is 9.37 Å². The molecule has 8 heteroatoms. The van der Waals surface area contributed by atoms with E-state index in [1.54, 1.807) is 18.2 Å². The summed E-state index contributed by atoms with van der Waals surface area (Å²) in [6.45, 7) is 2.51. The Morgan fingerprint density at radius 3 is 2.59 bits per heavy atom. The van der Waals surface area contributed by atoms with Crippen molar-refractivity contribution >= 4 is 45.3 Å². The molecule has 0 spiro atoms. The first-order valence-corrected chi connectivity index (χ1v) is 10.1. The Hall–Kier alpha value is -2.19. The maximum absolute atomic E-state index is 12.3. The van der Waals surface area contributed by atoms with Crippen molar-refractivity contribution in [3.63, 3.8) is 0 Å². The summed E-state index contributed by atoms with van der Waals surface area (Å²) in [5, 5.41) is 2.71. The zero-order chi connectivity index (χ0) is 19.2. The molecule has 2 aromatic rings. The van der Waals surface area contributed by atoms with E-state index in [0.29, 0.717) is 30.4 Å². The molecule has 1 amide bonds. The molecule has 1 aliphatic heterocycles. The van der Waals surface area contributed by atoms with Gasteiger partial charge in [-0.2, -0.15) is 0 Å². The highest BCUT2D eigenvalue weighted by Gasteiger charge is 2.19. The van der Waals surface area contributed by atoms with Gasteiger partial charge in [-0.3, -0.25) is 9.59 Å². The van der Waals surface area contributed by atoms with Gasteiger partial charge in [0.1, 0.15) is 13.2 Å². The number of hydrogen-bond acceptors (Lipinski definition) is 6. The van der Waals surface area contributed by atoms with Crippen molar-refractivity contribution in [3.05, 3.63) is 46.9 Å². The minimum Gasteiger partial charge on any atom is -0.486 e. The summed E-state index contributed by atoms with van der Waals surface area (Å²) in [5.74, 6) is 0.489. The number of carbonyl (C=O) groups excluding carboxylic acids is 2. The predicted octanol–water partition coefficient (Wildman–Crippen LogP) is 3.88. The number of carbonyl (C=O) groups is 2. The van der Waals surface area contributed by atoms with E-state index < -0.39 is 18.0 Å². The van der Waals surface area contributed by atoms with E-state index in [2.05, 4.69) is 21.2 Å². The molecule has 1 heterocycles. The van der Waals surface area contributed by atoms with Gasteiger partial charge in [0.05, 0.1) is 5.75 Å². The van der Waals surface area contributed by atoms with Gasteiger partial charge in [0.25, 0.3) is 5.91 Å². The van der Waals surface area contributed by atoms with Crippen molar-refractivity contribution in [2.24, 2.45) is 0 Å². The van der Waals surface area contributed by atoms with Gasteiger partial charge in [-0.1, -0.05) is 15.9 Å². The van der Waals surface area contributed by atoms with E-state index in [9.17, 15) is 9.59 Å². The van der Waals surface area contributed by atoms with Crippen LogP contribution >= 0.6 is 27.7 Å². The highest BCUT2D eigenvalue weighted by Crippen LogP contribution is 2.32. The summed E-state index contributed by atoms with van der Waals surface area (Å²) in [4.78, 5) is 25.2. The Balaban J connectivity index is 1.48. The normalized spacial score (nSPS) is 13.6. The molecule has 1 unspecified atom stereocenters. The van der Waals surface area contributed by atoms with Crippen LogP contribution < -0.4 is 14.8 Å². The Morgan fingerprint density at radius 1 is 1.15 bits per heavy atom. The first kappa shape index (κ1) is 19.6. The van der Waals surface area contributed by atoms with E-state index in [4.69, 9.17) is 14.2 Å². The van der Waals surface area contributed by atoms with Crippen molar-refractivity contribution in [2.45, 2.75) is 17.9 Å². The molecule has 1 N–H and O–H groups in total. The first-order chi connectivity index (χ1) is 13.0. The van der Waals surface area contributed by atoms with E-state index in [-0.39, 0.29) is 5.75 Å². The molecular formula is C19H18BrNO5S. The summed E-state index contributed by atoms with van der Waals surface area (Å²) >= 11 is 4.71. The number of benzene rings is 2. The third-order valence-electron chi connectivity index (χ3n) is 3.66. The number of ether oxygens (including phenoxy) is 3. The smallest absolute Gasteiger partial charge is 0.317 e. The number of hydrogen-bond donors (Lipinski definition) is 1. The Kier molecular flexibility index (Phi) is 6.63. The molecule has 1 atom stereocenters.